The minimum Gasteiger partial charge on any atom is -0.353 e. The molecule has 0 fully saturated rings. The van der Waals surface area contributed by atoms with E-state index in [0.717, 1.165) is 24.0 Å². The van der Waals surface area contributed by atoms with E-state index in [0.29, 0.717) is 25.1 Å². The van der Waals surface area contributed by atoms with Gasteiger partial charge in [-0.25, -0.2) is 8.42 Å². The first-order valence-corrected chi connectivity index (χ1v) is 10.4. The van der Waals surface area contributed by atoms with Crippen molar-refractivity contribution in [3.63, 3.8) is 0 Å². The van der Waals surface area contributed by atoms with Crippen molar-refractivity contribution in [3.05, 3.63) is 29.3 Å². The van der Waals surface area contributed by atoms with E-state index < -0.39 is 10.0 Å². The molecule has 0 atom stereocenters. The maximum absolute atomic E-state index is 12.1. The van der Waals surface area contributed by atoms with Crippen LogP contribution in [0.25, 0.3) is 0 Å². The number of hydrogen-bond acceptors (Lipinski definition) is 3. The monoisotopic (exact) mass is 354 g/mol. The summed E-state index contributed by atoms with van der Waals surface area (Å²) in [5.74, 6) is -0.0161. The fourth-order valence-corrected chi connectivity index (χ4v) is 3.71. The molecule has 0 saturated heterocycles. The quantitative estimate of drug-likeness (QED) is 0.741. The molecule has 1 rings (SSSR count). The molecule has 6 heteroatoms. The van der Waals surface area contributed by atoms with E-state index in [1.165, 1.54) is 10.6 Å². The van der Waals surface area contributed by atoms with Crippen molar-refractivity contribution in [2.45, 2.75) is 59.4 Å². The van der Waals surface area contributed by atoms with Crippen LogP contribution in [-0.2, 0) is 14.8 Å². The third-order valence-electron chi connectivity index (χ3n) is 4.01. The first-order chi connectivity index (χ1) is 11.2. The molecule has 1 aromatic rings. The van der Waals surface area contributed by atoms with Crippen molar-refractivity contribution in [2.24, 2.45) is 0 Å². The van der Waals surface area contributed by atoms with E-state index in [9.17, 15) is 13.2 Å². The van der Waals surface area contributed by atoms with Crippen LogP contribution in [0, 0.1) is 13.8 Å². The van der Waals surface area contributed by atoms with Crippen molar-refractivity contribution in [1.82, 2.24) is 5.32 Å². The molecule has 136 valence electrons. The normalized spacial score (nSPS) is 11.6. The van der Waals surface area contributed by atoms with Gasteiger partial charge >= 0.3 is 0 Å². The fourth-order valence-electron chi connectivity index (χ4n) is 2.76. The summed E-state index contributed by atoms with van der Waals surface area (Å²) in [5.41, 5.74) is 2.70. The van der Waals surface area contributed by atoms with Gasteiger partial charge in [0.1, 0.15) is 0 Å². The molecule has 1 aromatic carbocycles. The summed E-state index contributed by atoms with van der Waals surface area (Å²) in [6.07, 6.45) is 3.83. The molecule has 0 aliphatic carbocycles. The molecule has 0 radical (unpaired) electrons. The average Bonchev–Trinajstić information content (AvgIpc) is 2.46. The molecule has 0 aliphatic rings. The first-order valence-electron chi connectivity index (χ1n) is 8.52. The summed E-state index contributed by atoms with van der Waals surface area (Å²) in [7, 11) is -3.38. The summed E-state index contributed by atoms with van der Waals surface area (Å²) in [5, 5.41) is 2.98. The van der Waals surface area contributed by atoms with E-state index in [-0.39, 0.29) is 11.9 Å². The molecule has 24 heavy (non-hydrogen) atoms. The van der Waals surface area contributed by atoms with E-state index in [2.05, 4.69) is 5.32 Å². The van der Waals surface area contributed by atoms with Gasteiger partial charge in [-0.1, -0.05) is 19.9 Å². The number of rotatable bonds is 9. The topological polar surface area (TPSA) is 66.5 Å². The van der Waals surface area contributed by atoms with Crippen molar-refractivity contribution in [1.29, 1.82) is 0 Å². The Bertz CT molecular complexity index is 632. The van der Waals surface area contributed by atoms with Crippen LogP contribution in [0.2, 0.25) is 0 Å². The number of carbonyl (C=O) groups excluding carboxylic acids is 1. The maximum atomic E-state index is 12.1. The third-order valence-corrected chi connectivity index (χ3v) is 5.20. The van der Waals surface area contributed by atoms with Crippen LogP contribution in [-0.4, -0.2) is 33.2 Å². The molecular formula is C18H30N2O3S. The number of sulfonamides is 1. The molecule has 5 nitrogen and oxygen atoms in total. The van der Waals surface area contributed by atoms with Gasteiger partial charge in [0.25, 0.3) is 0 Å². The summed E-state index contributed by atoms with van der Waals surface area (Å²) in [6, 6.07) is 5.92. The molecule has 0 aromatic heterocycles. The fraction of sp³-hybridized carbons (Fsp3) is 0.611. The summed E-state index contributed by atoms with van der Waals surface area (Å²) >= 11 is 0. The highest BCUT2D eigenvalue weighted by Gasteiger charge is 2.18. The molecular weight excluding hydrogens is 324 g/mol. The van der Waals surface area contributed by atoms with Gasteiger partial charge in [0.2, 0.25) is 15.9 Å². The van der Waals surface area contributed by atoms with Gasteiger partial charge in [-0.2, -0.15) is 0 Å². The third kappa shape index (κ3) is 6.51. The second-order valence-electron chi connectivity index (χ2n) is 6.37. The van der Waals surface area contributed by atoms with Crippen LogP contribution < -0.4 is 9.62 Å². The zero-order valence-corrected chi connectivity index (χ0v) is 16.2. The van der Waals surface area contributed by atoms with E-state index >= 15 is 0 Å². The molecule has 0 bridgehead atoms. The lowest BCUT2D eigenvalue weighted by Gasteiger charge is -2.23. The molecule has 0 unspecified atom stereocenters. The Labute approximate surface area is 146 Å². The number of benzene rings is 1. The number of amides is 1. The molecule has 0 spiro atoms. The molecule has 0 aliphatic heterocycles. The molecule has 0 saturated carbocycles. The van der Waals surface area contributed by atoms with Gasteiger partial charge in [-0.3, -0.25) is 9.10 Å². The molecule has 1 N–H and O–H groups in total. The van der Waals surface area contributed by atoms with E-state index in [1.54, 1.807) is 0 Å². The smallest absolute Gasteiger partial charge is 0.232 e. The average molecular weight is 355 g/mol. The number of nitrogens with one attached hydrogen (secondary N) is 1. The number of anilines is 1. The standard InChI is InChI=1S/C18H30N2O3S/c1-6-16(7-2)19-18(21)9-8-10-20(24(5,22)23)17-12-14(3)11-15(4)13-17/h11-13,16H,6-10H2,1-5H3,(H,19,21). The minimum absolute atomic E-state index is 0.0161. The summed E-state index contributed by atoms with van der Waals surface area (Å²) in [6.45, 7) is 8.28. The van der Waals surface area contributed by atoms with Gasteiger partial charge in [0, 0.05) is 19.0 Å². The number of aryl methyl sites for hydroxylation is 2. The van der Waals surface area contributed by atoms with E-state index in [4.69, 9.17) is 0 Å². The van der Waals surface area contributed by atoms with Crippen LogP contribution in [0.4, 0.5) is 5.69 Å². The Morgan fingerprint density at radius 1 is 1.12 bits per heavy atom. The minimum atomic E-state index is -3.38. The predicted molar refractivity (Wildman–Crippen MR) is 99.9 cm³/mol. The highest BCUT2D eigenvalue weighted by atomic mass is 32.2. The van der Waals surface area contributed by atoms with Crippen molar-refractivity contribution < 1.29 is 13.2 Å². The lowest BCUT2D eigenvalue weighted by atomic mass is 10.1. The Kier molecular flexibility index (Phi) is 7.73. The van der Waals surface area contributed by atoms with Crippen LogP contribution in [0.1, 0.15) is 50.7 Å². The zero-order chi connectivity index (χ0) is 18.3. The van der Waals surface area contributed by atoms with Gasteiger partial charge < -0.3 is 5.32 Å². The largest absolute Gasteiger partial charge is 0.353 e. The van der Waals surface area contributed by atoms with Crippen molar-refractivity contribution >= 4 is 21.6 Å². The van der Waals surface area contributed by atoms with Crippen molar-refractivity contribution in [2.75, 3.05) is 17.1 Å². The maximum Gasteiger partial charge on any atom is 0.232 e. The number of nitrogens with zero attached hydrogens (tertiary/aromatic N) is 1. The van der Waals surface area contributed by atoms with Crippen LogP contribution >= 0.6 is 0 Å². The van der Waals surface area contributed by atoms with Gasteiger partial charge in [0.05, 0.1) is 11.9 Å². The molecule has 0 heterocycles. The van der Waals surface area contributed by atoms with Crippen molar-refractivity contribution in [3.8, 4) is 0 Å². The van der Waals surface area contributed by atoms with Gasteiger partial charge in [-0.05, 0) is 56.4 Å². The van der Waals surface area contributed by atoms with Gasteiger partial charge in [0.15, 0.2) is 0 Å². The highest BCUT2D eigenvalue weighted by molar-refractivity contribution is 7.92. The van der Waals surface area contributed by atoms with Crippen LogP contribution in [0.3, 0.4) is 0 Å². The summed E-state index contributed by atoms with van der Waals surface area (Å²) < 4.78 is 25.6. The Hall–Kier alpha value is -1.56. The Balaban J connectivity index is 2.74. The van der Waals surface area contributed by atoms with Crippen LogP contribution in [0.5, 0.6) is 0 Å². The van der Waals surface area contributed by atoms with E-state index in [1.807, 2.05) is 45.9 Å². The SMILES string of the molecule is CCC(CC)NC(=O)CCCN(c1cc(C)cc(C)c1)S(C)(=O)=O. The zero-order valence-electron chi connectivity index (χ0n) is 15.4. The summed E-state index contributed by atoms with van der Waals surface area (Å²) in [4.78, 5) is 12.0. The Morgan fingerprint density at radius 3 is 2.12 bits per heavy atom. The lowest BCUT2D eigenvalue weighted by Crippen LogP contribution is -2.35. The lowest BCUT2D eigenvalue weighted by molar-refractivity contribution is -0.121. The van der Waals surface area contributed by atoms with Crippen LogP contribution in [0.15, 0.2) is 18.2 Å². The predicted octanol–water partition coefficient (Wildman–Crippen LogP) is 3.15. The Morgan fingerprint density at radius 2 is 1.67 bits per heavy atom. The second kappa shape index (κ2) is 9.06. The first kappa shape index (κ1) is 20.5. The number of hydrogen-bond donors (Lipinski definition) is 1. The van der Waals surface area contributed by atoms with Gasteiger partial charge in [-0.15, -0.1) is 0 Å². The highest BCUT2D eigenvalue weighted by Crippen LogP contribution is 2.21. The second-order valence-corrected chi connectivity index (χ2v) is 8.27. The molecule has 1 amide bonds. The number of carbonyl (C=O) groups is 1.